The molecule has 2 aromatic carbocycles. The van der Waals surface area contributed by atoms with E-state index in [0.717, 1.165) is 30.2 Å². The van der Waals surface area contributed by atoms with Gasteiger partial charge in [0.2, 0.25) is 5.95 Å². The van der Waals surface area contributed by atoms with Gasteiger partial charge in [0, 0.05) is 48.4 Å². The third-order valence-corrected chi connectivity index (χ3v) is 5.40. The van der Waals surface area contributed by atoms with Crippen molar-refractivity contribution in [3.8, 4) is 22.6 Å². The van der Waals surface area contributed by atoms with Gasteiger partial charge < -0.3 is 19.7 Å². The predicted molar refractivity (Wildman–Crippen MR) is 121 cm³/mol. The van der Waals surface area contributed by atoms with Crippen LogP contribution in [0, 0.1) is 0 Å². The summed E-state index contributed by atoms with van der Waals surface area (Å²) in [6.45, 7) is 2.03. The molecule has 1 aliphatic heterocycles. The Hall–Kier alpha value is -3.61. The molecule has 1 aromatic heterocycles. The van der Waals surface area contributed by atoms with E-state index in [4.69, 9.17) is 9.47 Å². The Balaban J connectivity index is 1.43. The highest BCUT2D eigenvalue weighted by Gasteiger charge is 2.14. The van der Waals surface area contributed by atoms with Crippen molar-refractivity contribution in [2.45, 2.75) is 19.3 Å². The summed E-state index contributed by atoms with van der Waals surface area (Å²) < 4.78 is 10.5. The average molecular weight is 418 g/mol. The molecule has 4 rings (SSSR count). The van der Waals surface area contributed by atoms with Crippen LogP contribution in [-0.2, 0) is 0 Å². The fourth-order valence-corrected chi connectivity index (χ4v) is 3.66. The monoisotopic (exact) mass is 418 g/mol. The molecule has 0 aliphatic carbocycles. The standard InChI is InChI=1S/C24H26N4O3/c1-30-21-11-10-20(14-22(21)31-2)27-23(29)18-8-6-17(7-9-18)19-15-25-24(26-16-19)28-12-4-3-5-13-28/h6-11,14-16H,3-5,12-13H2,1-2H3,(H,27,29). The fraction of sp³-hybridized carbons (Fsp3) is 0.292. The molecule has 31 heavy (non-hydrogen) atoms. The van der Waals surface area contributed by atoms with Gasteiger partial charge in [-0.2, -0.15) is 0 Å². The molecule has 0 spiro atoms. The molecule has 0 unspecified atom stereocenters. The Morgan fingerprint density at radius 2 is 1.55 bits per heavy atom. The minimum atomic E-state index is -0.199. The van der Waals surface area contributed by atoms with Crippen molar-refractivity contribution >= 4 is 17.5 Å². The zero-order chi connectivity index (χ0) is 21.6. The van der Waals surface area contributed by atoms with E-state index in [1.807, 2.05) is 24.5 Å². The van der Waals surface area contributed by atoms with Crippen LogP contribution in [-0.4, -0.2) is 43.2 Å². The summed E-state index contributed by atoms with van der Waals surface area (Å²) >= 11 is 0. The van der Waals surface area contributed by atoms with Crippen LogP contribution in [0.2, 0.25) is 0 Å². The van der Waals surface area contributed by atoms with Gasteiger partial charge in [0.25, 0.3) is 5.91 Å². The maximum Gasteiger partial charge on any atom is 0.255 e. The predicted octanol–water partition coefficient (Wildman–Crippen LogP) is 4.40. The van der Waals surface area contributed by atoms with E-state index >= 15 is 0 Å². The van der Waals surface area contributed by atoms with E-state index in [1.165, 1.54) is 19.3 Å². The molecule has 0 radical (unpaired) electrons. The minimum Gasteiger partial charge on any atom is -0.493 e. The Labute approximate surface area is 182 Å². The lowest BCUT2D eigenvalue weighted by Crippen LogP contribution is -2.30. The number of ether oxygens (including phenoxy) is 2. The van der Waals surface area contributed by atoms with Gasteiger partial charge in [0.05, 0.1) is 14.2 Å². The van der Waals surface area contributed by atoms with Crippen molar-refractivity contribution in [2.24, 2.45) is 0 Å². The molecule has 0 atom stereocenters. The zero-order valence-corrected chi connectivity index (χ0v) is 17.8. The lowest BCUT2D eigenvalue weighted by atomic mass is 10.1. The van der Waals surface area contributed by atoms with Gasteiger partial charge in [-0.1, -0.05) is 12.1 Å². The molecule has 1 amide bonds. The van der Waals surface area contributed by atoms with E-state index in [-0.39, 0.29) is 5.91 Å². The first-order valence-electron chi connectivity index (χ1n) is 10.4. The lowest BCUT2D eigenvalue weighted by molar-refractivity contribution is 0.102. The van der Waals surface area contributed by atoms with Gasteiger partial charge in [0.15, 0.2) is 11.5 Å². The summed E-state index contributed by atoms with van der Waals surface area (Å²) in [5.41, 5.74) is 3.08. The molecule has 1 aliphatic rings. The van der Waals surface area contributed by atoms with Crippen LogP contribution in [0.4, 0.5) is 11.6 Å². The van der Waals surface area contributed by atoms with E-state index < -0.39 is 0 Å². The third-order valence-electron chi connectivity index (χ3n) is 5.40. The molecule has 3 aromatic rings. The zero-order valence-electron chi connectivity index (χ0n) is 17.8. The number of carbonyl (C=O) groups is 1. The molecule has 2 heterocycles. The number of anilines is 2. The number of nitrogens with zero attached hydrogens (tertiary/aromatic N) is 3. The Morgan fingerprint density at radius 1 is 0.871 bits per heavy atom. The second-order valence-corrected chi connectivity index (χ2v) is 7.42. The maximum absolute atomic E-state index is 12.6. The average Bonchev–Trinajstić information content (AvgIpc) is 2.84. The van der Waals surface area contributed by atoms with Crippen LogP contribution >= 0.6 is 0 Å². The van der Waals surface area contributed by atoms with E-state index in [1.54, 1.807) is 44.6 Å². The number of aromatic nitrogens is 2. The molecule has 0 bridgehead atoms. The molecule has 7 nitrogen and oxygen atoms in total. The van der Waals surface area contributed by atoms with Crippen molar-refractivity contribution in [3.05, 3.63) is 60.4 Å². The summed E-state index contributed by atoms with van der Waals surface area (Å²) in [6.07, 6.45) is 7.35. The van der Waals surface area contributed by atoms with Gasteiger partial charge in [-0.05, 0) is 49.1 Å². The quantitative estimate of drug-likeness (QED) is 0.639. The summed E-state index contributed by atoms with van der Waals surface area (Å²) in [7, 11) is 3.13. The molecule has 7 heteroatoms. The highest BCUT2D eigenvalue weighted by atomic mass is 16.5. The van der Waals surface area contributed by atoms with Crippen LogP contribution in [0.5, 0.6) is 11.5 Å². The molecular weight excluding hydrogens is 392 g/mol. The van der Waals surface area contributed by atoms with Crippen molar-refractivity contribution in [3.63, 3.8) is 0 Å². The lowest BCUT2D eigenvalue weighted by Gasteiger charge is -2.26. The number of nitrogens with one attached hydrogen (secondary N) is 1. The number of carbonyl (C=O) groups excluding carboxylic acids is 1. The highest BCUT2D eigenvalue weighted by molar-refractivity contribution is 6.04. The SMILES string of the molecule is COc1ccc(NC(=O)c2ccc(-c3cnc(N4CCCCC4)nc3)cc2)cc1OC. The van der Waals surface area contributed by atoms with Crippen molar-refractivity contribution in [2.75, 3.05) is 37.5 Å². The molecule has 1 fully saturated rings. The molecule has 0 saturated carbocycles. The Morgan fingerprint density at radius 3 is 2.19 bits per heavy atom. The Bertz CT molecular complexity index is 1030. The fourth-order valence-electron chi connectivity index (χ4n) is 3.66. The first kappa shape index (κ1) is 20.7. The summed E-state index contributed by atoms with van der Waals surface area (Å²) in [4.78, 5) is 23.9. The van der Waals surface area contributed by atoms with Crippen LogP contribution in [0.25, 0.3) is 11.1 Å². The second kappa shape index (κ2) is 9.47. The summed E-state index contributed by atoms with van der Waals surface area (Å²) in [5.74, 6) is 1.76. The van der Waals surface area contributed by atoms with Gasteiger partial charge >= 0.3 is 0 Å². The molecular formula is C24H26N4O3. The maximum atomic E-state index is 12.6. The number of piperidine rings is 1. The first-order valence-corrected chi connectivity index (χ1v) is 10.4. The molecule has 1 saturated heterocycles. The number of benzene rings is 2. The smallest absolute Gasteiger partial charge is 0.255 e. The highest BCUT2D eigenvalue weighted by Crippen LogP contribution is 2.30. The van der Waals surface area contributed by atoms with Gasteiger partial charge in [-0.25, -0.2) is 9.97 Å². The topological polar surface area (TPSA) is 76.6 Å². The van der Waals surface area contributed by atoms with Gasteiger partial charge in [-0.15, -0.1) is 0 Å². The van der Waals surface area contributed by atoms with Crippen molar-refractivity contribution < 1.29 is 14.3 Å². The van der Waals surface area contributed by atoms with E-state index in [2.05, 4.69) is 20.2 Å². The Kier molecular flexibility index (Phi) is 6.31. The van der Waals surface area contributed by atoms with Crippen LogP contribution in [0.1, 0.15) is 29.6 Å². The van der Waals surface area contributed by atoms with Crippen LogP contribution in [0.3, 0.4) is 0 Å². The van der Waals surface area contributed by atoms with Crippen molar-refractivity contribution in [1.82, 2.24) is 9.97 Å². The third kappa shape index (κ3) is 4.77. The van der Waals surface area contributed by atoms with Gasteiger partial charge in [-0.3, -0.25) is 4.79 Å². The normalized spacial score (nSPS) is 13.5. The number of methoxy groups -OCH3 is 2. The number of hydrogen-bond donors (Lipinski definition) is 1. The summed E-state index contributed by atoms with van der Waals surface area (Å²) in [6, 6.07) is 12.7. The van der Waals surface area contributed by atoms with E-state index in [0.29, 0.717) is 22.7 Å². The number of hydrogen-bond acceptors (Lipinski definition) is 6. The summed E-state index contributed by atoms with van der Waals surface area (Å²) in [5, 5.41) is 2.88. The minimum absolute atomic E-state index is 0.199. The molecule has 1 N–H and O–H groups in total. The largest absolute Gasteiger partial charge is 0.493 e. The number of amides is 1. The second-order valence-electron chi connectivity index (χ2n) is 7.42. The van der Waals surface area contributed by atoms with E-state index in [9.17, 15) is 4.79 Å². The molecule has 160 valence electrons. The van der Waals surface area contributed by atoms with Crippen molar-refractivity contribution in [1.29, 1.82) is 0 Å². The van der Waals surface area contributed by atoms with Crippen LogP contribution < -0.4 is 19.7 Å². The van der Waals surface area contributed by atoms with Gasteiger partial charge in [0.1, 0.15) is 0 Å². The first-order chi connectivity index (χ1) is 15.2. The number of rotatable bonds is 6. The van der Waals surface area contributed by atoms with Crippen LogP contribution in [0.15, 0.2) is 54.9 Å².